The van der Waals surface area contributed by atoms with Crippen molar-refractivity contribution in [2.24, 2.45) is 0 Å². The highest BCUT2D eigenvalue weighted by Gasteiger charge is 2.23. The Labute approximate surface area is 101 Å². The van der Waals surface area contributed by atoms with Gasteiger partial charge in [-0.15, -0.1) is 0 Å². The molecule has 17 heavy (non-hydrogen) atoms. The fraction of sp³-hybridized carbons (Fsp3) is 0.700. The van der Waals surface area contributed by atoms with Crippen molar-refractivity contribution in [3.05, 3.63) is 12.5 Å². The third-order valence-electron chi connectivity index (χ3n) is 2.91. The van der Waals surface area contributed by atoms with E-state index in [1.165, 1.54) is 6.33 Å². The lowest BCUT2D eigenvalue weighted by molar-refractivity contribution is 0.426. The van der Waals surface area contributed by atoms with E-state index in [9.17, 15) is 8.42 Å². The molecule has 1 fully saturated rings. The van der Waals surface area contributed by atoms with Gasteiger partial charge in [-0.2, -0.15) is 0 Å². The molecule has 96 valence electrons. The lowest BCUT2D eigenvalue weighted by Crippen LogP contribution is -2.42. The van der Waals surface area contributed by atoms with Crippen molar-refractivity contribution in [3.8, 4) is 0 Å². The number of nitrogens with one attached hydrogen (secondary N) is 2. The van der Waals surface area contributed by atoms with Crippen LogP contribution in [0, 0.1) is 0 Å². The highest BCUT2D eigenvalue weighted by molar-refractivity contribution is 7.89. The van der Waals surface area contributed by atoms with Gasteiger partial charge in [0, 0.05) is 18.8 Å². The van der Waals surface area contributed by atoms with Gasteiger partial charge in [0.25, 0.3) is 10.0 Å². The Bertz CT molecular complexity index is 462. The number of aromatic nitrogens is 2. The molecule has 2 heterocycles. The molecule has 1 aromatic heterocycles. The van der Waals surface area contributed by atoms with Crippen LogP contribution in [-0.4, -0.2) is 37.1 Å². The average Bonchev–Trinajstić information content (AvgIpc) is 2.79. The van der Waals surface area contributed by atoms with Gasteiger partial charge in [-0.3, -0.25) is 0 Å². The number of aryl methyl sites for hydroxylation is 1. The van der Waals surface area contributed by atoms with Crippen molar-refractivity contribution >= 4 is 10.0 Å². The van der Waals surface area contributed by atoms with Gasteiger partial charge in [0.1, 0.15) is 0 Å². The molecule has 0 bridgehead atoms. The maximum atomic E-state index is 12.0. The predicted octanol–water partition coefficient (Wildman–Crippen LogP) is -0.0667. The number of piperidine rings is 1. The summed E-state index contributed by atoms with van der Waals surface area (Å²) in [4.78, 5) is 3.92. The molecular weight excluding hydrogens is 240 g/mol. The number of rotatable bonds is 4. The SMILES string of the molecule is CCn1cnc(S(=O)(=O)NC2CCNCC2)c1. The lowest BCUT2D eigenvalue weighted by Gasteiger charge is -2.22. The van der Waals surface area contributed by atoms with Gasteiger partial charge in [0.2, 0.25) is 0 Å². The number of hydrogen-bond donors (Lipinski definition) is 2. The molecule has 0 aliphatic carbocycles. The van der Waals surface area contributed by atoms with Crippen LogP contribution in [0.3, 0.4) is 0 Å². The topological polar surface area (TPSA) is 76.0 Å². The van der Waals surface area contributed by atoms with Crippen molar-refractivity contribution in [1.82, 2.24) is 19.6 Å². The molecule has 1 aliphatic rings. The van der Waals surface area contributed by atoms with Crippen LogP contribution in [0.5, 0.6) is 0 Å². The summed E-state index contributed by atoms with van der Waals surface area (Å²) in [5, 5.41) is 3.31. The number of imidazole rings is 1. The fourth-order valence-corrected chi connectivity index (χ4v) is 3.13. The van der Waals surface area contributed by atoms with Crippen molar-refractivity contribution in [3.63, 3.8) is 0 Å². The summed E-state index contributed by atoms with van der Waals surface area (Å²) < 4.78 is 28.5. The van der Waals surface area contributed by atoms with Gasteiger partial charge in [-0.05, 0) is 32.9 Å². The van der Waals surface area contributed by atoms with Crippen LogP contribution >= 0.6 is 0 Å². The Balaban J connectivity index is 2.07. The van der Waals surface area contributed by atoms with Crippen molar-refractivity contribution < 1.29 is 8.42 Å². The van der Waals surface area contributed by atoms with E-state index in [4.69, 9.17) is 0 Å². The van der Waals surface area contributed by atoms with E-state index in [-0.39, 0.29) is 11.1 Å². The molecule has 0 spiro atoms. The molecule has 7 heteroatoms. The standard InChI is InChI=1S/C10H18N4O2S/c1-2-14-7-10(12-8-14)17(15,16)13-9-3-5-11-6-4-9/h7-9,11,13H,2-6H2,1H3. The molecule has 0 unspecified atom stereocenters. The summed E-state index contributed by atoms with van der Waals surface area (Å²) in [5.74, 6) is 0. The van der Waals surface area contributed by atoms with Crippen molar-refractivity contribution in [2.45, 2.75) is 37.4 Å². The molecule has 1 aromatic rings. The molecule has 2 rings (SSSR count). The van der Waals surface area contributed by atoms with Gasteiger partial charge in [-0.1, -0.05) is 0 Å². The lowest BCUT2D eigenvalue weighted by atomic mass is 10.1. The second-order valence-corrected chi connectivity index (χ2v) is 5.85. The minimum atomic E-state index is -3.46. The zero-order valence-corrected chi connectivity index (χ0v) is 10.7. The van der Waals surface area contributed by atoms with E-state index < -0.39 is 10.0 Å². The second-order valence-electron chi connectivity index (χ2n) is 4.19. The zero-order chi connectivity index (χ0) is 12.3. The van der Waals surface area contributed by atoms with E-state index in [1.807, 2.05) is 6.92 Å². The van der Waals surface area contributed by atoms with Crippen molar-refractivity contribution in [1.29, 1.82) is 0 Å². The summed E-state index contributed by atoms with van der Waals surface area (Å²) in [5.41, 5.74) is 0. The van der Waals surface area contributed by atoms with Crippen LogP contribution in [0.2, 0.25) is 0 Å². The monoisotopic (exact) mass is 258 g/mol. The Kier molecular flexibility index (Phi) is 3.80. The normalized spacial score (nSPS) is 18.4. The fourth-order valence-electron chi connectivity index (χ4n) is 1.87. The van der Waals surface area contributed by atoms with Crippen LogP contribution in [0.1, 0.15) is 19.8 Å². The van der Waals surface area contributed by atoms with Crippen molar-refractivity contribution in [2.75, 3.05) is 13.1 Å². The van der Waals surface area contributed by atoms with Crippen LogP contribution in [0.15, 0.2) is 17.6 Å². The van der Waals surface area contributed by atoms with E-state index in [0.29, 0.717) is 0 Å². The first-order valence-corrected chi connectivity index (χ1v) is 7.35. The van der Waals surface area contributed by atoms with E-state index in [0.717, 1.165) is 32.5 Å². The molecule has 1 aliphatic heterocycles. The molecule has 0 saturated carbocycles. The van der Waals surface area contributed by atoms with E-state index >= 15 is 0 Å². The smallest absolute Gasteiger partial charge is 0.259 e. The predicted molar refractivity (Wildman–Crippen MR) is 64.1 cm³/mol. The first kappa shape index (κ1) is 12.5. The first-order valence-electron chi connectivity index (χ1n) is 5.86. The highest BCUT2D eigenvalue weighted by Crippen LogP contribution is 2.10. The molecule has 2 N–H and O–H groups in total. The molecule has 0 atom stereocenters. The quantitative estimate of drug-likeness (QED) is 0.793. The summed E-state index contributed by atoms with van der Waals surface area (Å²) in [6.07, 6.45) is 4.75. The minimum absolute atomic E-state index is 0.0213. The molecule has 1 saturated heterocycles. The van der Waals surface area contributed by atoms with E-state index in [2.05, 4.69) is 15.0 Å². The van der Waals surface area contributed by atoms with E-state index in [1.54, 1.807) is 10.8 Å². The number of hydrogen-bond acceptors (Lipinski definition) is 4. The molecule has 6 nitrogen and oxygen atoms in total. The summed E-state index contributed by atoms with van der Waals surface area (Å²) in [7, 11) is -3.46. The third kappa shape index (κ3) is 3.05. The number of sulfonamides is 1. The van der Waals surface area contributed by atoms with Gasteiger partial charge in [0.15, 0.2) is 5.03 Å². The zero-order valence-electron chi connectivity index (χ0n) is 9.89. The molecular formula is C10H18N4O2S. The summed E-state index contributed by atoms with van der Waals surface area (Å²) >= 11 is 0. The van der Waals surface area contributed by atoms with Gasteiger partial charge >= 0.3 is 0 Å². The van der Waals surface area contributed by atoms with Gasteiger partial charge in [-0.25, -0.2) is 18.1 Å². The highest BCUT2D eigenvalue weighted by atomic mass is 32.2. The maximum absolute atomic E-state index is 12.0. The van der Waals surface area contributed by atoms with Gasteiger partial charge in [0.05, 0.1) is 6.33 Å². The van der Waals surface area contributed by atoms with Crippen LogP contribution in [0.25, 0.3) is 0 Å². The van der Waals surface area contributed by atoms with Gasteiger partial charge < -0.3 is 9.88 Å². The maximum Gasteiger partial charge on any atom is 0.259 e. The first-order chi connectivity index (χ1) is 8.12. The molecule has 0 amide bonds. The Morgan fingerprint density at radius 1 is 1.53 bits per heavy atom. The average molecular weight is 258 g/mol. The largest absolute Gasteiger partial charge is 0.336 e. The summed E-state index contributed by atoms with van der Waals surface area (Å²) in [6.45, 7) is 4.38. The van der Waals surface area contributed by atoms with Crippen LogP contribution in [0.4, 0.5) is 0 Å². The second kappa shape index (κ2) is 5.16. The Morgan fingerprint density at radius 2 is 2.24 bits per heavy atom. The third-order valence-corrected chi connectivity index (χ3v) is 4.32. The Hall–Kier alpha value is -0.920. The Morgan fingerprint density at radius 3 is 2.82 bits per heavy atom. The van der Waals surface area contributed by atoms with Crippen LogP contribution in [-0.2, 0) is 16.6 Å². The van der Waals surface area contributed by atoms with Crippen LogP contribution < -0.4 is 10.0 Å². The number of nitrogens with zero attached hydrogens (tertiary/aromatic N) is 2. The minimum Gasteiger partial charge on any atom is -0.336 e. The summed E-state index contributed by atoms with van der Waals surface area (Å²) in [6, 6.07) is 0.0213. The molecule has 0 aromatic carbocycles. The molecule has 0 radical (unpaired) electrons.